The van der Waals surface area contributed by atoms with Crippen LogP contribution < -0.4 is 11.3 Å². The van der Waals surface area contributed by atoms with Gasteiger partial charge in [0, 0.05) is 5.54 Å². The zero-order chi connectivity index (χ0) is 9.83. The quantitative estimate of drug-likeness (QED) is 0.505. The van der Waals surface area contributed by atoms with Crippen LogP contribution in [0.1, 0.15) is 53.9 Å². The summed E-state index contributed by atoms with van der Waals surface area (Å²) < 4.78 is 0. The van der Waals surface area contributed by atoms with Crippen LogP contribution in [-0.4, -0.2) is 5.54 Å². The van der Waals surface area contributed by atoms with Gasteiger partial charge in [-0.3, -0.25) is 11.3 Å². The van der Waals surface area contributed by atoms with Gasteiger partial charge in [0.25, 0.3) is 0 Å². The third kappa shape index (κ3) is 3.55. The molecule has 0 amide bonds. The Morgan fingerprint density at radius 1 is 1.08 bits per heavy atom. The molecule has 0 aliphatic heterocycles. The fraction of sp³-hybridized carbons (Fsp3) is 1.00. The van der Waals surface area contributed by atoms with E-state index >= 15 is 0 Å². The minimum atomic E-state index is 0.137. The van der Waals surface area contributed by atoms with Crippen LogP contribution in [0, 0.1) is 5.41 Å². The molecule has 0 heterocycles. The second kappa shape index (κ2) is 4.24. The fourth-order valence-electron chi connectivity index (χ4n) is 1.77. The van der Waals surface area contributed by atoms with Crippen molar-refractivity contribution < 1.29 is 0 Å². The van der Waals surface area contributed by atoms with Crippen molar-refractivity contribution in [3.8, 4) is 0 Å². The molecule has 3 N–H and O–H groups in total. The van der Waals surface area contributed by atoms with Crippen LogP contribution in [0.2, 0.25) is 0 Å². The molecule has 2 heteroatoms. The van der Waals surface area contributed by atoms with Gasteiger partial charge in [-0.15, -0.1) is 0 Å². The highest BCUT2D eigenvalue weighted by Crippen LogP contribution is 2.30. The first-order valence-corrected chi connectivity index (χ1v) is 4.87. The third-order valence-corrected chi connectivity index (χ3v) is 2.53. The molecular weight excluding hydrogens is 148 g/mol. The van der Waals surface area contributed by atoms with E-state index in [1.54, 1.807) is 0 Å². The van der Waals surface area contributed by atoms with Gasteiger partial charge in [0.2, 0.25) is 0 Å². The fourth-order valence-corrected chi connectivity index (χ4v) is 1.77. The van der Waals surface area contributed by atoms with Crippen LogP contribution in [0.3, 0.4) is 0 Å². The summed E-state index contributed by atoms with van der Waals surface area (Å²) in [5, 5.41) is 0. The summed E-state index contributed by atoms with van der Waals surface area (Å²) in [6.07, 6.45) is 3.32. The van der Waals surface area contributed by atoms with Crippen molar-refractivity contribution in [2.75, 3.05) is 0 Å². The maximum atomic E-state index is 5.59. The molecule has 0 rings (SSSR count). The van der Waals surface area contributed by atoms with Crippen LogP contribution in [-0.2, 0) is 0 Å². The van der Waals surface area contributed by atoms with Gasteiger partial charge in [0.1, 0.15) is 0 Å². The van der Waals surface area contributed by atoms with Crippen molar-refractivity contribution in [2.45, 2.75) is 59.4 Å². The molecule has 0 aliphatic rings. The maximum Gasteiger partial charge on any atom is 0.0321 e. The molecular formula is C10H24N2. The Bertz CT molecular complexity index is 112. The van der Waals surface area contributed by atoms with Crippen molar-refractivity contribution in [2.24, 2.45) is 11.3 Å². The Hall–Kier alpha value is -0.0800. The first kappa shape index (κ1) is 11.9. The lowest BCUT2D eigenvalue weighted by Crippen LogP contribution is -2.50. The molecule has 0 atom stereocenters. The molecule has 0 saturated heterocycles. The van der Waals surface area contributed by atoms with Gasteiger partial charge in [-0.1, -0.05) is 34.6 Å². The first-order chi connectivity index (χ1) is 5.39. The molecule has 74 valence electrons. The van der Waals surface area contributed by atoms with Crippen LogP contribution in [0.5, 0.6) is 0 Å². The van der Waals surface area contributed by atoms with Gasteiger partial charge >= 0.3 is 0 Å². The predicted molar refractivity (Wildman–Crippen MR) is 54.7 cm³/mol. The topological polar surface area (TPSA) is 38.0 Å². The molecule has 0 aromatic heterocycles. The molecule has 0 bridgehead atoms. The van der Waals surface area contributed by atoms with Crippen molar-refractivity contribution >= 4 is 0 Å². The average Bonchev–Trinajstić information content (AvgIpc) is 1.99. The molecule has 0 aromatic carbocycles. The molecule has 0 fully saturated rings. The lowest BCUT2D eigenvalue weighted by atomic mass is 9.77. The second-order valence-electron chi connectivity index (χ2n) is 4.87. The van der Waals surface area contributed by atoms with Crippen LogP contribution in [0.4, 0.5) is 0 Å². The largest absolute Gasteiger partial charge is 0.271 e. The van der Waals surface area contributed by atoms with Gasteiger partial charge < -0.3 is 0 Å². The minimum Gasteiger partial charge on any atom is -0.271 e. The Morgan fingerprint density at radius 3 is 1.58 bits per heavy atom. The van der Waals surface area contributed by atoms with E-state index in [-0.39, 0.29) is 5.54 Å². The maximum absolute atomic E-state index is 5.59. The SMILES string of the molecule is CCC(CC)(CC(C)(C)C)NN. The lowest BCUT2D eigenvalue weighted by molar-refractivity contribution is 0.195. The van der Waals surface area contributed by atoms with Crippen LogP contribution in [0.15, 0.2) is 0 Å². The predicted octanol–water partition coefficient (Wildman–Crippen LogP) is 2.44. The molecule has 2 nitrogen and oxygen atoms in total. The Labute approximate surface area is 76.9 Å². The zero-order valence-electron chi connectivity index (χ0n) is 9.20. The molecule has 0 radical (unpaired) electrons. The standard InChI is InChI=1S/C10H24N2/c1-6-10(7-2,12-11)8-9(3,4)5/h12H,6-8,11H2,1-5H3. The smallest absolute Gasteiger partial charge is 0.0321 e. The Balaban J connectivity index is 4.30. The van der Waals surface area contributed by atoms with E-state index in [0.29, 0.717) is 5.41 Å². The molecule has 0 aromatic rings. The molecule has 0 aliphatic carbocycles. The monoisotopic (exact) mass is 172 g/mol. The normalized spacial score (nSPS) is 13.5. The van der Waals surface area contributed by atoms with Gasteiger partial charge in [-0.05, 0) is 24.7 Å². The van der Waals surface area contributed by atoms with E-state index in [1.165, 1.54) is 0 Å². The van der Waals surface area contributed by atoms with Crippen LogP contribution >= 0.6 is 0 Å². The van der Waals surface area contributed by atoms with Gasteiger partial charge in [-0.2, -0.15) is 0 Å². The summed E-state index contributed by atoms with van der Waals surface area (Å²) in [4.78, 5) is 0. The lowest BCUT2D eigenvalue weighted by Gasteiger charge is -2.36. The van der Waals surface area contributed by atoms with Gasteiger partial charge in [0.05, 0.1) is 0 Å². The van der Waals surface area contributed by atoms with Gasteiger partial charge in [0.15, 0.2) is 0 Å². The molecule has 12 heavy (non-hydrogen) atoms. The van der Waals surface area contributed by atoms with E-state index in [0.717, 1.165) is 19.3 Å². The first-order valence-electron chi connectivity index (χ1n) is 4.87. The molecule has 0 unspecified atom stereocenters. The van der Waals surface area contributed by atoms with Crippen molar-refractivity contribution in [1.29, 1.82) is 0 Å². The number of nitrogens with two attached hydrogens (primary N) is 1. The van der Waals surface area contributed by atoms with Crippen molar-refractivity contribution in [3.63, 3.8) is 0 Å². The minimum absolute atomic E-state index is 0.137. The summed E-state index contributed by atoms with van der Waals surface area (Å²) >= 11 is 0. The van der Waals surface area contributed by atoms with E-state index in [9.17, 15) is 0 Å². The van der Waals surface area contributed by atoms with Crippen LogP contribution in [0.25, 0.3) is 0 Å². The summed E-state index contributed by atoms with van der Waals surface area (Å²) in [6.45, 7) is 11.1. The Morgan fingerprint density at radius 2 is 1.50 bits per heavy atom. The molecule has 0 spiro atoms. The number of nitrogens with one attached hydrogen (secondary N) is 1. The average molecular weight is 172 g/mol. The highest BCUT2D eigenvalue weighted by atomic mass is 15.3. The number of hydrogen-bond acceptors (Lipinski definition) is 2. The number of rotatable bonds is 4. The summed E-state index contributed by atoms with van der Waals surface area (Å²) in [5.41, 5.74) is 3.45. The summed E-state index contributed by atoms with van der Waals surface area (Å²) in [5.74, 6) is 5.59. The van der Waals surface area contributed by atoms with E-state index < -0.39 is 0 Å². The van der Waals surface area contributed by atoms with E-state index in [2.05, 4.69) is 40.0 Å². The highest BCUT2D eigenvalue weighted by molar-refractivity contribution is 4.87. The Kier molecular flexibility index (Phi) is 4.21. The molecule has 0 saturated carbocycles. The number of hydrazine groups is 1. The van der Waals surface area contributed by atoms with E-state index in [4.69, 9.17) is 5.84 Å². The van der Waals surface area contributed by atoms with Crippen molar-refractivity contribution in [1.82, 2.24) is 5.43 Å². The van der Waals surface area contributed by atoms with E-state index in [1.807, 2.05) is 0 Å². The number of hydrogen-bond donors (Lipinski definition) is 2. The summed E-state index contributed by atoms with van der Waals surface area (Å²) in [7, 11) is 0. The second-order valence-corrected chi connectivity index (χ2v) is 4.87. The third-order valence-electron chi connectivity index (χ3n) is 2.53. The van der Waals surface area contributed by atoms with Crippen molar-refractivity contribution in [3.05, 3.63) is 0 Å². The zero-order valence-corrected chi connectivity index (χ0v) is 9.20. The highest BCUT2D eigenvalue weighted by Gasteiger charge is 2.29. The summed E-state index contributed by atoms with van der Waals surface area (Å²) in [6, 6.07) is 0. The van der Waals surface area contributed by atoms with Gasteiger partial charge in [-0.25, -0.2) is 0 Å².